The van der Waals surface area contributed by atoms with E-state index in [0.717, 1.165) is 55.7 Å². The molecule has 3 N–H and O–H groups in total. The number of aliphatic hydroxyl groups is 1. The molecule has 0 aromatic heterocycles. The Kier molecular flexibility index (Phi) is 3.25. The Balaban J connectivity index is 1.64. The third kappa shape index (κ3) is 2.19. The van der Waals surface area contributed by atoms with Crippen LogP contribution in [0, 0.1) is 5.92 Å². The summed E-state index contributed by atoms with van der Waals surface area (Å²) in [6.07, 6.45) is 4.88. The topological polar surface area (TPSA) is 55.5 Å². The molecule has 4 rings (SSSR count). The molecule has 2 heterocycles. The molecule has 1 spiro atoms. The van der Waals surface area contributed by atoms with Gasteiger partial charge in [0.15, 0.2) is 0 Å². The van der Waals surface area contributed by atoms with E-state index in [-0.39, 0.29) is 5.60 Å². The SMILES string of the molecule is Nc1ccc2c(c1)CCC2(O)C1CCOC2(CCSC2)C1. The zero-order valence-corrected chi connectivity index (χ0v) is 13.1. The van der Waals surface area contributed by atoms with Crippen LogP contribution in [0.5, 0.6) is 0 Å². The summed E-state index contributed by atoms with van der Waals surface area (Å²) in [4.78, 5) is 0. The van der Waals surface area contributed by atoms with Crippen molar-refractivity contribution in [1.29, 1.82) is 0 Å². The first-order valence-corrected chi connectivity index (χ1v) is 9.10. The second kappa shape index (κ2) is 4.90. The number of ether oxygens (including phenoxy) is 1. The number of fused-ring (bicyclic) bond motifs is 1. The highest BCUT2D eigenvalue weighted by atomic mass is 32.2. The molecule has 3 atom stereocenters. The van der Waals surface area contributed by atoms with E-state index in [0.29, 0.717) is 5.92 Å². The third-order valence-electron chi connectivity index (χ3n) is 5.61. The summed E-state index contributed by atoms with van der Waals surface area (Å²) in [7, 11) is 0. The summed E-state index contributed by atoms with van der Waals surface area (Å²) in [6.45, 7) is 0.790. The number of hydrogen-bond donors (Lipinski definition) is 2. The van der Waals surface area contributed by atoms with E-state index in [1.54, 1.807) is 0 Å². The predicted molar refractivity (Wildman–Crippen MR) is 86.4 cm³/mol. The van der Waals surface area contributed by atoms with Crippen molar-refractivity contribution < 1.29 is 9.84 Å². The molecule has 0 radical (unpaired) electrons. The molecule has 0 saturated carbocycles. The van der Waals surface area contributed by atoms with Crippen molar-refractivity contribution in [3.63, 3.8) is 0 Å². The van der Waals surface area contributed by atoms with Gasteiger partial charge in [-0.05, 0) is 67.0 Å². The van der Waals surface area contributed by atoms with Gasteiger partial charge < -0.3 is 15.6 Å². The fraction of sp³-hybridized carbons (Fsp3) is 0.647. The van der Waals surface area contributed by atoms with Crippen molar-refractivity contribution in [3.8, 4) is 0 Å². The lowest BCUT2D eigenvalue weighted by Crippen LogP contribution is -2.46. The quantitative estimate of drug-likeness (QED) is 0.783. The Hall–Kier alpha value is -0.710. The number of nitrogen functional groups attached to an aromatic ring is 1. The summed E-state index contributed by atoms with van der Waals surface area (Å²) in [6, 6.07) is 6.01. The van der Waals surface area contributed by atoms with Crippen molar-refractivity contribution in [3.05, 3.63) is 29.3 Å². The lowest BCUT2D eigenvalue weighted by atomic mass is 9.73. The van der Waals surface area contributed by atoms with Gasteiger partial charge in [0.05, 0.1) is 11.2 Å². The van der Waals surface area contributed by atoms with Crippen LogP contribution in [0.1, 0.15) is 36.8 Å². The smallest absolute Gasteiger partial charge is 0.0932 e. The standard InChI is InChI=1S/C17H23NO2S/c18-14-1-2-15-12(9-14)3-5-17(15,19)13-4-7-20-16(10-13)6-8-21-11-16/h1-2,9,13,19H,3-8,10-11,18H2. The van der Waals surface area contributed by atoms with Crippen LogP contribution in [0.25, 0.3) is 0 Å². The first kappa shape index (κ1) is 13.9. The van der Waals surface area contributed by atoms with Gasteiger partial charge in [-0.15, -0.1) is 0 Å². The van der Waals surface area contributed by atoms with Gasteiger partial charge in [-0.2, -0.15) is 11.8 Å². The molecule has 1 aromatic rings. The number of nitrogens with two attached hydrogens (primary N) is 1. The normalized spacial score (nSPS) is 38.8. The highest BCUT2D eigenvalue weighted by Crippen LogP contribution is 2.51. The van der Waals surface area contributed by atoms with Crippen molar-refractivity contribution in [2.75, 3.05) is 23.8 Å². The Morgan fingerprint density at radius 1 is 1.33 bits per heavy atom. The van der Waals surface area contributed by atoms with Gasteiger partial charge in [0, 0.05) is 18.0 Å². The molecule has 114 valence electrons. The van der Waals surface area contributed by atoms with Gasteiger partial charge in [0.25, 0.3) is 0 Å². The summed E-state index contributed by atoms with van der Waals surface area (Å²) in [5.74, 6) is 2.60. The van der Waals surface area contributed by atoms with Crippen LogP contribution in [0.2, 0.25) is 0 Å². The maximum absolute atomic E-state index is 11.4. The molecule has 0 bridgehead atoms. The van der Waals surface area contributed by atoms with Gasteiger partial charge in [-0.1, -0.05) is 6.07 Å². The van der Waals surface area contributed by atoms with Crippen LogP contribution >= 0.6 is 11.8 Å². The van der Waals surface area contributed by atoms with Crippen LogP contribution in [-0.4, -0.2) is 28.8 Å². The average Bonchev–Trinajstić information content (AvgIpc) is 3.05. The van der Waals surface area contributed by atoms with Gasteiger partial charge in [0.1, 0.15) is 0 Å². The number of rotatable bonds is 1. The summed E-state index contributed by atoms with van der Waals surface area (Å²) in [5.41, 5.74) is 8.39. The molecule has 3 unspecified atom stereocenters. The summed E-state index contributed by atoms with van der Waals surface area (Å²) < 4.78 is 6.12. The highest BCUT2D eigenvalue weighted by molar-refractivity contribution is 7.99. The summed E-state index contributed by atoms with van der Waals surface area (Å²) >= 11 is 1.99. The molecule has 1 aliphatic carbocycles. The fourth-order valence-corrected chi connectivity index (χ4v) is 5.80. The minimum Gasteiger partial charge on any atom is -0.399 e. The fourth-order valence-electron chi connectivity index (χ4n) is 4.43. The second-order valence-electron chi connectivity index (χ2n) is 6.86. The molecular formula is C17H23NO2S. The van der Waals surface area contributed by atoms with Crippen molar-refractivity contribution in [2.45, 2.75) is 43.3 Å². The van der Waals surface area contributed by atoms with Gasteiger partial charge in [-0.25, -0.2) is 0 Å². The molecule has 1 aromatic carbocycles. The minimum atomic E-state index is -0.674. The van der Waals surface area contributed by atoms with E-state index in [2.05, 4.69) is 0 Å². The zero-order valence-electron chi connectivity index (χ0n) is 12.3. The van der Waals surface area contributed by atoms with Crippen LogP contribution in [0.4, 0.5) is 5.69 Å². The zero-order chi connectivity index (χ0) is 14.5. The van der Waals surface area contributed by atoms with E-state index in [1.807, 2.05) is 30.0 Å². The highest BCUT2D eigenvalue weighted by Gasteiger charge is 2.50. The summed E-state index contributed by atoms with van der Waals surface area (Å²) in [5, 5.41) is 11.4. The number of anilines is 1. The Bertz CT molecular complexity index is 556. The number of thioether (sulfide) groups is 1. The van der Waals surface area contributed by atoms with Crippen LogP contribution < -0.4 is 5.73 Å². The molecule has 3 nitrogen and oxygen atoms in total. The van der Waals surface area contributed by atoms with Crippen molar-refractivity contribution >= 4 is 17.4 Å². The number of aryl methyl sites for hydroxylation is 1. The Morgan fingerprint density at radius 2 is 2.24 bits per heavy atom. The Morgan fingerprint density at radius 3 is 3.05 bits per heavy atom. The van der Waals surface area contributed by atoms with E-state index in [9.17, 15) is 5.11 Å². The number of hydrogen-bond acceptors (Lipinski definition) is 4. The minimum absolute atomic E-state index is 0.0277. The van der Waals surface area contributed by atoms with E-state index < -0.39 is 5.60 Å². The Labute approximate surface area is 130 Å². The maximum atomic E-state index is 11.4. The molecule has 2 fully saturated rings. The molecule has 4 heteroatoms. The van der Waals surface area contributed by atoms with Gasteiger partial charge in [0.2, 0.25) is 0 Å². The van der Waals surface area contributed by atoms with Gasteiger partial charge >= 0.3 is 0 Å². The lowest BCUT2D eigenvalue weighted by Gasteiger charge is -2.44. The first-order chi connectivity index (χ1) is 10.1. The monoisotopic (exact) mass is 305 g/mol. The van der Waals surface area contributed by atoms with E-state index in [4.69, 9.17) is 10.5 Å². The molecule has 2 aliphatic heterocycles. The maximum Gasteiger partial charge on any atom is 0.0932 e. The predicted octanol–water partition coefficient (Wildman–Crippen LogP) is 2.70. The largest absolute Gasteiger partial charge is 0.399 e. The second-order valence-corrected chi connectivity index (χ2v) is 7.97. The lowest BCUT2D eigenvalue weighted by molar-refractivity contribution is -0.134. The van der Waals surface area contributed by atoms with Crippen LogP contribution in [0.15, 0.2) is 18.2 Å². The van der Waals surface area contributed by atoms with E-state index in [1.165, 1.54) is 11.3 Å². The molecule has 2 saturated heterocycles. The third-order valence-corrected chi connectivity index (χ3v) is 6.83. The van der Waals surface area contributed by atoms with Crippen LogP contribution in [-0.2, 0) is 16.8 Å². The van der Waals surface area contributed by atoms with Crippen LogP contribution in [0.3, 0.4) is 0 Å². The van der Waals surface area contributed by atoms with Gasteiger partial charge in [-0.3, -0.25) is 0 Å². The molecule has 21 heavy (non-hydrogen) atoms. The van der Waals surface area contributed by atoms with E-state index >= 15 is 0 Å². The molecular weight excluding hydrogens is 282 g/mol. The number of benzene rings is 1. The van der Waals surface area contributed by atoms with Crippen molar-refractivity contribution in [2.24, 2.45) is 5.92 Å². The first-order valence-electron chi connectivity index (χ1n) is 7.94. The average molecular weight is 305 g/mol. The van der Waals surface area contributed by atoms with Crippen molar-refractivity contribution in [1.82, 2.24) is 0 Å². The molecule has 3 aliphatic rings. The molecule has 0 amide bonds.